The lowest BCUT2D eigenvalue weighted by molar-refractivity contribution is -0.124. The quantitative estimate of drug-likeness (QED) is 0.577. The number of sulfonamides is 1. The van der Waals surface area contributed by atoms with Crippen molar-refractivity contribution in [2.24, 2.45) is 11.1 Å². The van der Waals surface area contributed by atoms with Gasteiger partial charge in [0.1, 0.15) is 6.04 Å². The van der Waals surface area contributed by atoms with E-state index in [1.54, 1.807) is 36.4 Å². The lowest BCUT2D eigenvalue weighted by Gasteiger charge is -2.23. The van der Waals surface area contributed by atoms with Gasteiger partial charge in [-0.2, -0.15) is 0 Å². The van der Waals surface area contributed by atoms with E-state index in [2.05, 4.69) is 10.6 Å². The van der Waals surface area contributed by atoms with E-state index < -0.39 is 16.1 Å². The molecule has 0 aliphatic rings. The molecule has 2 rings (SSSR count). The highest BCUT2D eigenvalue weighted by molar-refractivity contribution is 7.89. The predicted octanol–water partition coefficient (Wildman–Crippen LogP) is 1.84. The van der Waals surface area contributed by atoms with Gasteiger partial charge in [-0.05, 0) is 42.2 Å². The van der Waals surface area contributed by atoms with Crippen LogP contribution in [0.15, 0.2) is 59.5 Å². The van der Waals surface area contributed by atoms with Crippen LogP contribution in [-0.2, 0) is 21.2 Å². The van der Waals surface area contributed by atoms with Crippen LogP contribution in [0.1, 0.15) is 36.2 Å². The van der Waals surface area contributed by atoms with Gasteiger partial charge in [-0.1, -0.05) is 50.6 Å². The van der Waals surface area contributed by atoms with E-state index in [1.165, 1.54) is 12.1 Å². The molecule has 0 aliphatic heterocycles. The lowest BCUT2D eigenvalue weighted by Crippen LogP contribution is -2.50. The first-order chi connectivity index (χ1) is 13.7. The zero-order valence-electron chi connectivity index (χ0n) is 16.6. The molecule has 2 atom stereocenters. The number of amides is 2. The van der Waals surface area contributed by atoms with E-state index in [4.69, 9.17) is 5.14 Å². The van der Waals surface area contributed by atoms with Crippen LogP contribution < -0.4 is 15.8 Å². The van der Waals surface area contributed by atoms with Gasteiger partial charge in [0.25, 0.3) is 5.91 Å². The minimum absolute atomic E-state index is 0.0308. The summed E-state index contributed by atoms with van der Waals surface area (Å²) in [6.45, 7) is 4.25. The molecule has 0 saturated carbocycles. The fourth-order valence-electron chi connectivity index (χ4n) is 2.80. The maximum absolute atomic E-state index is 12.7. The number of hydrogen-bond donors (Lipinski definition) is 3. The summed E-state index contributed by atoms with van der Waals surface area (Å²) in [6, 6.07) is 14.3. The SMILES string of the molecule is CC[C@H](C)[C@H](NC(=O)c1ccccc1)C(=O)NCCc1ccc(S(N)(=O)=O)cc1. The van der Waals surface area contributed by atoms with Gasteiger partial charge in [0.15, 0.2) is 0 Å². The highest BCUT2D eigenvalue weighted by atomic mass is 32.2. The number of primary sulfonamides is 1. The normalized spacial score (nSPS) is 13.3. The molecule has 0 aromatic heterocycles. The van der Waals surface area contributed by atoms with Gasteiger partial charge >= 0.3 is 0 Å². The molecule has 0 saturated heterocycles. The summed E-state index contributed by atoms with van der Waals surface area (Å²) in [6.07, 6.45) is 1.26. The minimum Gasteiger partial charge on any atom is -0.354 e. The Morgan fingerprint density at radius 2 is 1.66 bits per heavy atom. The first kappa shape index (κ1) is 22.6. The Morgan fingerprint density at radius 1 is 1.03 bits per heavy atom. The summed E-state index contributed by atoms with van der Waals surface area (Å²) in [5, 5.41) is 10.8. The Hall–Kier alpha value is -2.71. The van der Waals surface area contributed by atoms with Gasteiger partial charge in [0, 0.05) is 12.1 Å². The molecule has 0 unspecified atom stereocenters. The molecule has 0 heterocycles. The minimum atomic E-state index is -3.72. The molecule has 8 heteroatoms. The van der Waals surface area contributed by atoms with Crippen LogP contribution in [0.4, 0.5) is 0 Å². The molecule has 0 radical (unpaired) electrons. The monoisotopic (exact) mass is 417 g/mol. The van der Waals surface area contributed by atoms with E-state index in [9.17, 15) is 18.0 Å². The highest BCUT2D eigenvalue weighted by Crippen LogP contribution is 2.11. The van der Waals surface area contributed by atoms with E-state index >= 15 is 0 Å². The smallest absolute Gasteiger partial charge is 0.251 e. The molecule has 29 heavy (non-hydrogen) atoms. The first-order valence-electron chi connectivity index (χ1n) is 9.47. The van der Waals surface area contributed by atoms with Crippen molar-refractivity contribution in [3.8, 4) is 0 Å². The molecule has 2 amide bonds. The average molecular weight is 418 g/mol. The van der Waals surface area contributed by atoms with E-state index in [1.807, 2.05) is 19.9 Å². The van der Waals surface area contributed by atoms with Crippen LogP contribution in [0.3, 0.4) is 0 Å². The van der Waals surface area contributed by atoms with Crippen molar-refractivity contribution < 1.29 is 18.0 Å². The summed E-state index contributed by atoms with van der Waals surface area (Å²) in [5.41, 5.74) is 1.37. The molecule has 2 aromatic carbocycles. The fraction of sp³-hybridized carbons (Fsp3) is 0.333. The number of hydrogen-bond acceptors (Lipinski definition) is 4. The number of carbonyl (C=O) groups excluding carboxylic acids is 2. The zero-order valence-corrected chi connectivity index (χ0v) is 17.4. The number of rotatable bonds is 9. The van der Waals surface area contributed by atoms with Crippen molar-refractivity contribution >= 4 is 21.8 Å². The predicted molar refractivity (Wildman–Crippen MR) is 112 cm³/mol. The maximum Gasteiger partial charge on any atom is 0.251 e. The Bertz CT molecular complexity index is 928. The van der Waals surface area contributed by atoms with E-state index in [0.717, 1.165) is 12.0 Å². The standard InChI is InChI=1S/C21H27N3O4S/c1-3-15(2)19(24-20(25)17-7-5-4-6-8-17)21(26)23-14-13-16-9-11-18(12-10-16)29(22,27)28/h4-12,15,19H,3,13-14H2,1-2H3,(H,23,26)(H,24,25)(H2,22,27,28)/t15-,19-/m0/s1. The number of benzene rings is 2. The summed E-state index contributed by atoms with van der Waals surface area (Å²) in [5.74, 6) is -0.564. The largest absolute Gasteiger partial charge is 0.354 e. The van der Waals surface area contributed by atoms with Crippen molar-refractivity contribution in [1.82, 2.24) is 10.6 Å². The van der Waals surface area contributed by atoms with Crippen LogP contribution in [0.5, 0.6) is 0 Å². The maximum atomic E-state index is 12.7. The van der Waals surface area contributed by atoms with E-state index in [-0.39, 0.29) is 22.6 Å². The molecule has 156 valence electrons. The van der Waals surface area contributed by atoms with Crippen molar-refractivity contribution in [1.29, 1.82) is 0 Å². The first-order valence-corrected chi connectivity index (χ1v) is 11.0. The van der Waals surface area contributed by atoms with Gasteiger partial charge in [-0.3, -0.25) is 9.59 Å². The Morgan fingerprint density at radius 3 is 2.21 bits per heavy atom. The van der Waals surface area contributed by atoms with Crippen molar-refractivity contribution in [3.63, 3.8) is 0 Å². The number of nitrogens with one attached hydrogen (secondary N) is 2. The fourth-order valence-corrected chi connectivity index (χ4v) is 3.32. The van der Waals surface area contributed by atoms with Gasteiger partial charge in [0.2, 0.25) is 15.9 Å². The molecule has 4 N–H and O–H groups in total. The molecular formula is C21H27N3O4S. The van der Waals surface area contributed by atoms with Crippen LogP contribution in [0.25, 0.3) is 0 Å². The van der Waals surface area contributed by atoms with Crippen LogP contribution >= 0.6 is 0 Å². The molecular weight excluding hydrogens is 390 g/mol. The molecule has 2 aromatic rings. The van der Waals surface area contributed by atoms with Gasteiger partial charge in [0.05, 0.1) is 4.90 Å². The second kappa shape index (κ2) is 10.2. The molecule has 0 spiro atoms. The third-order valence-electron chi connectivity index (χ3n) is 4.78. The Labute approximate surface area is 171 Å². The number of carbonyl (C=O) groups is 2. The lowest BCUT2D eigenvalue weighted by atomic mass is 9.97. The second-order valence-corrected chi connectivity index (χ2v) is 8.49. The molecule has 0 fully saturated rings. The Kier molecular flexibility index (Phi) is 7.92. The molecule has 0 aliphatic carbocycles. The van der Waals surface area contributed by atoms with Crippen LogP contribution in [0, 0.1) is 5.92 Å². The summed E-state index contributed by atoms with van der Waals surface area (Å²) < 4.78 is 22.6. The summed E-state index contributed by atoms with van der Waals surface area (Å²) in [7, 11) is -3.72. The van der Waals surface area contributed by atoms with Crippen molar-refractivity contribution in [2.75, 3.05) is 6.54 Å². The second-order valence-electron chi connectivity index (χ2n) is 6.93. The van der Waals surface area contributed by atoms with E-state index in [0.29, 0.717) is 18.5 Å². The molecule has 7 nitrogen and oxygen atoms in total. The van der Waals surface area contributed by atoms with Gasteiger partial charge in [-0.25, -0.2) is 13.6 Å². The highest BCUT2D eigenvalue weighted by Gasteiger charge is 2.26. The van der Waals surface area contributed by atoms with Gasteiger partial charge in [-0.15, -0.1) is 0 Å². The van der Waals surface area contributed by atoms with Crippen molar-refractivity contribution in [3.05, 3.63) is 65.7 Å². The number of nitrogens with two attached hydrogens (primary N) is 1. The van der Waals surface area contributed by atoms with Crippen molar-refractivity contribution in [2.45, 2.75) is 37.6 Å². The average Bonchev–Trinajstić information content (AvgIpc) is 2.71. The topological polar surface area (TPSA) is 118 Å². The summed E-state index contributed by atoms with van der Waals surface area (Å²) in [4.78, 5) is 25.1. The molecule has 0 bridgehead atoms. The van der Waals surface area contributed by atoms with Gasteiger partial charge < -0.3 is 10.6 Å². The third-order valence-corrected chi connectivity index (χ3v) is 5.71. The Balaban J connectivity index is 1.95. The van der Waals surface area contributed by atoms with Crippen LogP contribution in [-0.4, -0.2) is 32.8 Å². The third kappa shape index (κ3) is 6.69. The summed E-state index contributed by atoms with van der Waals surface area (Å²) >= 11 is 0. The zero-order chi connectivity index (χ0) is 21.4. The van der Waals surface area contributed by atoms with Crippen LogP contribution in [0.2, 0.25) is 0 Å².